The number of halogens is 3. The van der Waals surface area contributed by atoms with Crippen LogP contribution in [0.5, 0.6) is 0 Å². The number of hydrogen-bond donors (Lipinski definition) is 1. The summed E-state index contributed by atoms with van der Waals surface area (Å²) in [6.45, 7) is 3.68. The SMILES string of the molecule is CNC(c1cccc(Br)c1F)c1c(C)cc(F)cc1C. The highest BCUT2D eigenvalue weighted by Crippen LogP contribution is 2.32. The molecule has 20 heavy (non-hydrogen) atoms. The summed E-state index contributed by atoms with van der Waals surface area (Å²) in [7, 11) is 1.77. The molecule has 0 aliphatic heterocycles. The summed E-state index contributed by atoms with van der Waals surface area (Å²) in [5, 5.41) is 3.12. The molecule has 0 bridgehead atoms. The van der Waals surface area contributed by atoms with Crippen LogP contribution >= 0.6 is 15.9 Å². The smallest absolute Gasteiger partial charge is 0.142 e. The third-order valence-electron chi connectivity index (χ3n) is 3.43. The van der Waals surface area contributed by atoms with Crippen molar-refractivity contribution in [2.45, 2.75) is 19.9 Å². The number of benzene rings is 2. The summed E-state index contributed by atoms with van der Waals surface area (Å²) in [5.41, 5.74) is 3.06. The zero-order valence-corrected chi connectivity index (χ0v) is 13.2. The molecule has 1 nitrogen and oxygen atoms in total. The van der Waals surface area contributed by atoms with Crippen LogP contribution in [0.25, 0.3) is 0 Å². The van der Waals surface area contributed by atoms with E-state index in [-0.39, 0.29) is 17.7 Å². The number of aryl methyl sites for hydroxylation is 2. The molecule has 0 aliphatic rings. The molecule has 0 amide bonds. The van der Waals surface area contributed by atoms with Crippen LogP contribution in [0.3, 0.4) is 0 Å². The average molecular weight is 340 g/mol. The highest BCUT2D eigenvalue weighted by molar-refractivity contribution is 9.10. The Morgan fingerprint density at radius 3 is 2.25 bits per heavy atom. The van der Waals surface area contributed by atoms with E-state index in [1.165, 1.54) is 12.1 Å². The Kier molecular flexibility index (Phi) is 4.55. The Morgan fingerprint density at radius 2 is 1.70 bits per heavy atom. The monoisotopic (exact) mass is 339 g/mol. The van der Waals surface area contributed by atoms with Crippen molar-refractivity contribution in [3.05, 3.63) is 68.7 Å². The van der Waals surface area contributed by atoms with Crippen LogP contribution in [0.4, 0.5) is 8.78 Å². The van der Waals surface area contributed by atoms with Gasteiger partial charge in [0.1, 0.15) is 11.6 Å². The Balaban J connectivity index is 2.62. The molecule has 0 saturated carbocycles. The van der Waals surface area contributed by atoms with Crippen LogP contribution < -0.4 is 5.32 Å². The van der Waals surface area contributed by atoms with E-state index in [0.29, 0.717) is 10.0 Å². The van der Waals surface area contributed by atoms with Gasteiger partial charge in [-0.1, -0.05) is 12.1 Å². The van der Waals surface area contributed by atoms with E-state index in [0.717, 1.165) is 16.7 Å². The maximum atomic E-state index is 14.3. The molecule has 2 rings (SSSR count). The fourth-order valence-electron chi connectivity index (χ4n) is 2.58. The summed E-state index contributed by atoms with van der Waals surface area (Å²) < 4.78 is 28.1. The summed E-state index contributed by atoms with van der Waals surface area (Å²) in [5.74, 6) is -0.566. The van der Waals surface area contributed by atoms with Gasteiger partial charge in [0, 0.05) is 5.56 Å². The predicted molar refractivity (Wildman–Crippen MR) is 80.9 cm³/mol. The van der Waals surface area contributed by atoms with Gasteiger partial charge in [0.05, 0.1) is 10.5 Å². The van der Waals surface area contributed by atoms with E-state index in [2.05, 4.69) is 21.2 Å². The first-order valence-corrected chi connectivity index (χ1v) is 7.12. The maximum absolute atomic E-state index is 14.3. The van der Waals surface area contributed by atoms with Gasteiger partial charge in [-0.05, 0) is 71.7 Å². The molecule has 106 valence electrons. The van der Waals surface area contributed by atoms with Crippen molar-refractivity contribution in [3.8, 4) is 0 Å². The van der Waals surface area contributed by atoms with E-state index in [4.69, 9.17) is 0 Å². The van der Waals surface area contributed by atoms with Crippen LogP contribution in [0.1, 0.15) is 28.3 Å². The molecule has 1 atom stereocenters. The van der Waals surface area contributed by atoms with Crippen LogP contribution in [0.15, 0.2) is 34.8 Å². The van der Waals surface area contributed by atoms with Crippen molar-refractivity contribution in [1.29, 1.82) is 0 Å². The minimum absolute atomic E-state index is 0.270. The lowest BCUT2D eigenvalue weighted by atomic mass is 9.91. The van der Waals surface area contributed by atoms with Gasteiger partial charge in [0.25, 0.3) is 0 Å². The summed E-state index contributed by atoms with van der Waals surface area (Å²) in [4.78, 5) is 0. The lowest BCUT2D eigenvalue weighted by molar-refractivity contribution is 0.567. The van der Waals surface area contributed by atoms with Crippen molar-refractivity contribution in [2.24, 2.45) is 0 Å². The van der Waals surface area contributed by atoms with Crippen LogP contribution in [-0.2, 0) is 0 Å². The van der Waals surface area contributed by atoms with Crippen molar-refractivity contribution >= 4 is 15.9 Å². The van der Waals surface area contributed by atoms with Gasteiger partial charge < -0.3 is 5.32 Å². The molecule has 0 aromatic heterocycles. The predicted octanol–water partition coefficient (Wildman–Crippen LogP) is 4.65. The number of rotatable bonds is 3. The molecule has 1 unspecified atom stereocenters. The van der Waals surface area contributed by atoms with Gasteiger partial charge >= 0.3 is 0 Å². The summed E-state index contributed by atoms with van der Waals surface area (Å²) in [6, 6.07) is 7.83. The molecule has 0 heterocycles. The lowest BCUT2D eigenvalue weighted by Crippen LogP contribution is -2.21. The first-order valence-electron chi connectivity index (χ1n) is 6.33. The fraction of sp³-hybridized carbons (Fsp3) is 0.250. The fourth-order valence-corrected chi connectivity index (χ4v) is 2.96. The van der Waals surface area contributed by atoms with E-state index >= 15 is 0 Å². The first kappa shape index (κ1) is 15.1. The van der Waals surface area contributed by atoms with Gasteiger partial charge in [0.2, 0.25) is 0 Å². The molecule has 1 N–H and O–H groups in total. The Labute approximate surface area is 126 Å². The second-order valence-corrected chi connectivity index (χ2v) is 5.67. The highest BCUT2D eigenvalue weighted by atomic mass is 79.9. The third-order valence-corrected chi connectivity index (χ3v) is 4.04. The normalized spacial score (nSPS) is 12.5. The van der Waals surface area contributed by atoms with Crippen molar-refractivity contribution in [1.82, 2.24) is 5.32 Å². The largest absolute Gasteiger partial charge is 0.309 e. The Bertz CT molecular complexity index is 617. The van der Waals surface area contributed by atoms with Crippen LogP contribution in [-0.4, -0.2) is 7.05 Å². The van der Waals surface area contributed by atoms with E-state index in [9.17, 15) is 8.78 Å². The molecule has 0 aliphatic carbocycles. The van der Waals surface area contributed by atoms with Gasteiger partial charge in [0.15, 0.2) is 0 Å². The van der Waals surface area contributed by atoms with Crippen molar-refractivity contribution < 1.29 is 8.78 Å². The molecular weight excluding hydrogens is 324 g/mol. The second-order valence-electron chi connectivity index (χ2n) is 4.82. The van der Waals surface area contributed by atoms with E-state index < -0.39 is 0 Å². The third kappa shape index (κ3) is 2.76. The minimum atomic E-state index is -0.312. The standard InChI is InChI=1S/C16H16BrF2N/c1-9-7-11(18)8-10(2)14(9)16(20-3)12-5-4-6-13(17)15(12)19/h4-8,16,20H,1-3H3. The van der Waals surface area contributed by atoms with Crippen molar-refractivity contribution in [3.63, 3.8) is 0 Å². The molecule has 2 aromatic rings. The average Bonchev–Trinajstić information content (AvgIpc) is 2.37. The second kappa shape index (κ2) is 6.02. The Morgan fingerprint density at radius 1 is 1.10 bits per heavy atom. The zero-order valence-electron chi connectivity index (χ0n) is 11.6. The molecule has 0 spiro atoms. The molecule has 4 heteroatoms. The molecular formula is C16H16BrF2N. The highest BCUT2D eigenvalue weighted by Gasteiger charge is 2.21. The summed E-state index contributed by atoms with van der Waals surface area (Å²) in [6.07, 6.45) is 0. The number of nitrogens with one attached hydrogen (secondary N) is 1. The minimum Gasteiger partial charge on any atom is -0.309 e. The van der Waals surface area contributed by atoms with Crippen LogP contribution in [0.2, 0.25) is 0 Å². The van der Waals surface area contributed by atoms with E-state index in [1.54, 1.807) is 25.2 Å². The van der Waals surface area contributed by atoms with Gasteiger partial charge in [-0.3, -0.25) is 0 Å². The Hall–Kier alpha value is -1.26. The number of hydrogen-bond acceptors (Lipinski definition) is 1. The molecule has 0 fully saturated rings. The van der Waals surface area contributed by atoms with E-state index in [1.807, 2.05) is 13.8 Å². The maximum Gasteiger partial charge on any atom is 0.142 e. The van der Waals surface area contributed by atoms with Crippen molar-refractivity contribution in [2.75, 3.05) is 7.05 Å². The van der Waals surface area contributed by atoms with Crippen LogP contribution in [0, 0.1) is 25.5 Å². The van der Waals surface area contributed by atoms with Gasteiger partial charge in [-0.15, -0.1) is 0 Å². The molecule has 2 aromatic carbocycles. The lowest BCUT2D eigenvalue weighted by Gasteiger charge is -2.22. The quantitative estimate of drug-likeness (QED) is 0.857. The first-order chi connectivity index (χ1) is 9.45. The topological polar surface area (TPSA) is 12.0 Å². The summed E-state index contributed by atoms with van der Waals surface area (Å²) >= 11 is 3.20. The van der Waals surface area contributed by atoms with Gasteiger partial charge in [-0.25, -0.2) is 8.78 Å². The van der Waals surface area contributed by atoms with Gasteiger partial charge in [-0.2, -0.15) is 0 Å². The molecule has 0 radical (unpaired) electrons. The molecule has 0 saturated heterocycles. The zero-order chi connectivity index (χ0) is 14.9.